The second kappa shape index (κ2) is 9.01. The van der Waals surface area contributed by atoms with Gasteiger partial charge in [0.25, 0.3) is 0 Å². The lowest BCUT2D eigenvalue weighted by atomic mass is 10.7. The molecule has 0 aromatic carbocycles. The third-order valence-corrected chi connectivity index (χ3v) is 0.167. The summed E-state index contributed by atoms with van der Waals surface area (Å²) in [6.45, 7) is 1.19. The molecule has 0 unspecified atom stereocenters. The van der Waals surface area contributed by atoms with Gasteiger partial charge in [0.1, 0.15) is 0 Å². The number of nitrogens with two attached hydrogens (primary N) is 2. The molecule has 0 saturated heterocycles. The lowest BCUT2D eigenvalue weighted by Crippen LogP contribution is -2.11. The fourth-order valence-corrected chi connectivity index (χ4v) is 0. The van der Waals surface area contributed by atoms with E-state index >= 15 is 0 Å². The van der Waals surface area contributed by atoms with Crippen molar-refractivity contribution in [3.05, 3.63) is 0 Å². The highest BCUT2D eigenvalue weighted by Crippen LogP contribution is 1.24. The zero-order valence-electron chi connectivity index (χ0n) is 3.15. The van der Waals surface area contributed by atoms with Crippen LogP contribution in [0.3, 0.4) is 0 Å². The van der Waals surface area contributed by atoms with Crippen LogP contribution in [0.4, 0.5) is 0 Å². The van der Waals surface area contributed by atoms with Crippen molar-refractivity contribution >= 4 is 8.41 Å². The van der Waals surface area contributed by atoms with Gasteiger partial charge in [-0.2, -0.15) is 0 Å². The smallest absolute Gasteiger partial charge is 0.00461 e. The third-order valence-electron chi connectivity index (χ3n) is 0.167. The molecule has 29 valence electrons. The van der Waals surface area contributed by atoms with Gasteiger partial charge < -0.3 is 11.5 Å². The molecule has 3 radical (unpaired) electrons. The Morgan fingerprint density at radius 1 is 1.00 bits per heavy atom. The molecule has 0 aliphatic heterocycles. The van der Waals surface area contributed by atoms with Crippen LogP contribution in [0.5, 0.6) is 0 Å². The van der Waals surface area contributed by atoms with Crippen molar-refractivity contribution < 1.29 is 0 Å². The molecule has 0 aliphatic carbocycles. The lowest BCUT2D eigenvalue weighted by molar-refractivity contribution is 0.976. The molecule has 2 nitrogen and oxygen atoms in total. The van der Waals surface area contributed by atoms with Gasteiger partial charge >= 0.3 is 0 Å². The van der Waals surface area contributed by atoms with Gasteiger partial charge in [-0.1, -0.05) is 0 Å². The summed E-state index contributed by atoms with van der Waals surface area (Å²) in [5.74, 6) is 0. The number of rotatable bonds is 1. The Labute approximate surface area is 34.1 Å². The van der Waals surface area contributed by atoms with E-state index in [1.54, 1.807) is 0 Å². The van der Waals surface area contributed by atoms with Gasteiger partial charge in [0.15, 0.2) is 0 Å². The van der Waals surface area contributed by atoms with E-state index in [2.05, 4.69) is 0 Å². The van der Waals surface area contributed by atoms with Gasteiger partial charge in [0, 0.05) is 21.5 Å². The summed E-state index contributed by atoms with van der Waals surface area (Å²) in [6.07, 6.45) is 0. The second-order valence-electron chi connectivity index (χ2n) is 0.577. The first-order chi connectivity index (χ1) is 1.91. The zero-order valence-corrected chi connectivity index (χ0v) is 3.15. The summed E-state index contributed by atoms with van der Waals surface area (Å²) in [5, 5.41) is 0. The second-order valence-corrected chi connectivity index (χ2v) is 0.577. The Kier molecular flexibility index (Phi) is 16.0. The molecule has 0 aromatic rings. The van der Waals surface area contributed by atoms with E-state index in [4.69, 9.17) is 11.5 Å². The topological polar surface area (TPSA) is 52.0 Å². The van der Waals surface area contributed by atoms with Crippen LogP contribution in [-0.4, -0.2) is 21.5 Å². The van der Waals surface area contributed by atoms with Gasteiger partial charge in [0.2, 0.25) is 0 Å². The molecule has 0 heterocycles. The van der Waals surface area contributed by atoms with E-state index in [1.165, 1.54) is 0 Å². The Bertz CT molecular complexity index is 9.61. The molecule has 0 amide bonds. The zero-order chi connectivity index (χ0) is 3.41. The van der Waals surface area contributed by atoms with Crippen molar-refractivity contribution in [2.45, 2.75) is 0 Å². The minimum Gasteiger partial charge on any atom is -0.329 e. The molecular weight excluding hydrogens is 62.8 g/mol. The quantitative estimate of drug-likeness (QED) is 0.370. The average molecular weight is 70.9 g/mol. The Morgan fingerprint density at radius 3 is 1.20 bits per heavy atom. The maximum Gasteiger partial charge on any atom is 0.00461 e. The van der Waals surface area contributed by atoms with Crippen LogP contribution in [0.2, 0.25) is 0 Å². The Balaban J connectivity index is 0. The fraction of sp³-hybridized carbons (Fsp3) is 1.00. The van der Waals surface area contributed by atoms with Crippen LogP contribution in [0.15, 0.2) is 0 Å². The third kappa shape index (κ3) is 16.2. The summed E-state index contributed by atoms with van der Waals surface area (Å²) in [4.78, 5) is 0. The van der Waals surface area contributed by atoms with Crippen LogP contribution < -0.4 is 11.5 Å². The van der Waals surface area contributed by atoms with Crippen molar-refractivity contribution in [1.29, 1.82) is 0 Å². The highest BCUT2D eigenvalue weighted by atomic mass is 14.6. The van der Waals surface area contributed by atoms with E-state index in [1.807, 2.05) is 0 Å². The van der Waals surface area contributed by atoms with Gasteiger partial charge in [-0.25, -0.2) is 0 Å². The fourth-order valence-electron chi connectivity index (χ4n) is 0. The summed E-state index contributed by atoms with van der Waals surface area (Å²) < 4.78 is 0. The number of hydrogen-bond acceptors (Lipinski definition) is 2. The summed E-state index contributed by atoms with van der Waals surface area (Å²) in [5.41, 5.74) is 9.81. The molecule has 0 spiro atoms. The summed E-state index contributed by atoms with van der Waals surface area (Å²) >= 11 is 0. The maximum atomic E-state index is 4.90. The normalized spacial score (nSPS) is 6.00. The van der Waals surface area contributed by atoms with Gasteiger partial charge in [-0.15, -0.1) is 0 Å². The highest BCUT2D eigenvalue weighted by Gasteiger charge is 1.54. The Morgan fingerprint density at radius 2 is 1.20 bits per heavy atom. The van der Waals surface area contributed by atoms with Gasteiger partial charge in [-0.05, 0) is 0 Å². The first kappa shape index (κ1) is 8.88. The monoisotopic (exact) mass is 71.1 g/mol. The Hall–Kier alpha value is -0.0151. The maximum absolute atomic E-state index is 4.90. The van der Waals surface area contributed by atoms with Crippen molar-refractivity contribution in [3.63, 3.8) is 0 Å². The molecule has 0 fully saturated rings. The molecule has 0 aliphatic rings. The highest BCUT2D eigenvalue weighted by molar-refractivity contribution is 5.75. The molecule has 4 N–H and O–H groups in total. The first-order valence-electron chi connectivity index (χ1n) is 1.32. The lowest BCUT2D eigenvalue weighted by Gasteiger charge is -1.72. The molecule has 0 atom stereocenters. The average Bonchev–Trinajstić information content (AvgIpc) is 1.37. The van der Waals surface area contributed by atoms with Crippen LogP contribution in [0, 0.1) is 0 Å². The summed E-state index contributed by atoms with van der Waals surface area (Å²) in [7, 11) is 0. The molecule has 3 heteroatoms. The minimum atomic E-state index is 0. The van der Waals surface area contributed by atoms with E-state index in [-0.39, 0.29) is 8.41 Å². The molecule has 0 bridgehead atoms. The number of hydrogen-bond donors (Lipinski definition) is 2. The minimum absolute atomic E-state index is 0. The predicted molar refractivity (Wildman–Crippen MR) is 23.9 cm³/mol. The van der Waals surface area contributed by atoms with Crippen molar-refractivity contribution in [2.75, 3.05) is 13.1 Å². The van der Waals surface area contributed by atoms with Crippen LogP contribution in [0.25, 0.3) is 0 Å². The molecule has 0 rings (SSSR count). The molecule has 0 saturated carbocycles. The van der Waals surface area contributed by atoms with Crippen LogP contribution in [-0.2, 0) is 0 Å². The van der Waals surface area contributed by atoms with Crippen molar-refractivity contribution in [3.8, 4) is 0 Å². The van der Waals surface area contributed by atoms with Crippen molar-refractivity contribution in [2.24, 2.45) is 11.5 Å². The largest absolute Gasteiger partial charge is 0.329 e. The summed E-state index contributed by atoms with van der Waals surface area (Å²) in [6, 6.07) is 0. The van der Waals surface area contributed by atoms with E-state index in [9.17, 15) is 0 Å². The van der Waals surface area contributed by atoms with Crippen molar-refractivity contribution in [1.82, 2.24) is 0 Å². The van der Waals surface area contributed by atoms with Gasteiger partial charge in [0.05, 0.1) is 0 Å². The molecular formula is C2H8BN2. The van der Waals surface area contributed by atoms with Gasteiger partial charge in [-0.3, -0.25) is 0 Å². The SMILES string of the molecule is NCCN.[B]. The standard InChI is InChI=1S/C2H8N2.B/c3-1-2-4;/h1-4H2;. The van der Waals surface area contributed by atoms with Crippen LogP contribution in [0.1, 0.15) is 0 Å². The molecule has 0 aromatic heterocycles. The first-order valence-corrected chi connectivity index (χ1v) is 1.32. The van der Waals surface area contributed by atoms with Crippen LogP contribution >= 0.6 is 0 Å². The van der Waals surface area contributed by atoms with E-state index in [0.717, 1.165) is 0 Å². The van der Waals surface area contributed by atoms with E-state index in [0.29, 0.717) is 13.1 Å². The predicted octanol–water partition coefficient (Wildman–Crippen LogP) is -1.48. The molecule has 5 heavy (non-hydrogen) atoms. The van der Waals surface area contributed by atoms with E-state index < -0.39 is 0 Å².